The Morgan fingerprint density at radius 2 is 1.70 bits per heavy atom. The van der Waals surface area contributed by atoms with E-state index in [0.29, 0.717) is 11.1 Å². The molecule has 1 N–H and O–H groups in total. The molecule has 0 fully saturated rings. The third-order valence-corrected chi connectivity index (χ3v) is 5.11. The Kier molecular flexibility index (Phi) is 6.54. The third-order valence-electron chi connectivity index (χ3n) is 3.68. The molecule has 0 aliphatic rings. The summed E-state index contributed by atoms with van der Waals surface area (Å²) < 4.78 is 41.2. The lowest BCUT2D eigenvalue weighted by molar-refractivity contribution is 0.0472. The topological polar surface area (TPSA) is 108 Å². The van der Waals surface area contributed by atoms with Crippen molar-refractivity contribution in [2.45, 2.75) is 11.5 Å². The Hall–Kier alpha value is -2.91. The molecular formula is C18H19NO7S. The Labute approximate surface area is 157 Å². The fraction of sp³-hybridized carbons (Fsp3) is 0.222. The van der Waals surface area contributed by atoms with Crippen LogP contribution in [0.1, 0.15) is 26.3 Å². The summed E-state index contributed by atoms with van der Waals surface area (Å²) in [4.78, 5) is 23.7. The normalized spacial score (nSPS) is 10.9. The number of nitrogens with one attached hydrogen (secondary N) is 1. The fourth-order valence-electron chi connectivity index (χ4n) is 2.26. The number of carbonyl (C=O) groups is 2. The molecule has 2 aromatic carbocycles. The summed E-state index contributed by atoms with van der Waals surface area (Å²) >= 11 is 0. The second kappa shape index (κ2) is 8.65. The highest BCUT2D eigenvalue weighted by Crippen LogP contribution is 2.25. The van der Waals surface area contributed by atoms with Crippen molar-refractivity contribution in [1.29, 1.82) is 0 Å². The molecule has 0 unspecified atom stereocenters. The van der Waals surface area contributed by atoms with E-state index in [1.165, 1.54) is 39.5 Å². The van der Waals surface area contributed by atoms with E-state index in [1.807, 2.05) is 0 Å². The minimum absolute atomic E-state index is 0.0498. The lowest BCUT2D eigenvalue weighted by Crippen LogP contribution is -2.20. The standard InChI is InChI=1S/C18H19NO7S/c1-19-27(22,23)16-10-14(7-8-15(16)24-2)18(21)26-11-12-5-4-6-13(9-12)17(20)25-3/h4-10,19H,11H2,1-3H3. The van der Waals surface area contributed by atoms with Crippen molar-refractivity contribution in [3.05, 3.63) is 59.2 Å². The molecule has 9 heteroatoms. The fourth-order valence-corrected chi connectivity index (χ4v) is 3.18. The van der Waals surface area contributed by atoms with Gasteiger partial charge < -0.3 is 14.2 Å². The predicted molar refractivity (Wildman–Crippen MR) is 96.1 cm³/mol. The van der Waals surface area contributed by atoms with E-state index in [2.05, 4.69) is 9.46 Å². The molecule has 0 heterocycles. The first kappa shape index (κ1) is 20.4. The minimum Gasteiger partial charge on any atom is -0.495 e. The molecule has 0 radical (unpaired) electrons. The number of rotatable bonds is 7. The van der Waals surface area contributed by atoms with E-state index in [4.69, 9.17) is 9.47 Å². The summed E-state index contributed by atoms with van der Waals surface area (Å²) in [7, 11) is 0.0447. The summed E-state index contributed by atoms with van der Waals surface area (Å²) in [6, 6.07) is 10.4. The van der Waals surface area contributed by atoms with E-state index in [1.54, 1.807) is 24.3 Å². The molecule has 2 aromatic rings. The van der Waals surface area contributed by atoms with Gasteiger partial charge >= 0.3 is 11.9 Å². The van der Waals surface area contributed by atoms with Crippen molar-refractivity contribution in [1.82, 2.24) is 4.72 Å². The van der Waals surface area contributed by atoms with Gasteiger partial charge in [0.25, 0.3) is 0 Å². The lowest BCUT2D eigenvalue weighted by atomic mass is 10.1. The van der Waals surface area contributed by atoms with Gasteiger partial charge in [0.05, 0.1) is 25.3 Å². The van der Waals surface area contributed by atoms with E-state index >= 15 is 0 Å². The SMILES string of the molecule is CNS(=O)(=O)c1cc(C(=O)OCc2cccc(C(=O)OC)c2)ccc1OC. The number of hydrogen-bond acceptors (Lipinski definition) is 7. The minimum atomic E-state index is -3.82. The van der Waals surface area contributed by atoms with Crippen molar-refractivity contribution in [3.8, 4) is 5.75 Å². The number of methoxy groups -OCH3 is 2. The van der Waals surface area contributed by atoms with Crippen LogP contribution in [0, 0.1) is 0 Å². The maximum absolute atomic E-state index is 12.3. The second-order valence-electron chi connectivity index (χ2n) is 5.34. The summed E-state index contributed by atoms with van der Waals surface area (Å²) in [6.45, 7) is -0.0934. The average Bonchev–Trinajstić information content (AvgIpc) is 2.71. The Morgan fingerprint density at radius 1 is 1.00 bits per heavy atom. The first-order valence-electron chi connectivity index (χ1n) is 7.78. The average molecular weight is 393 g/mol. The van der Waals surface area contributed by atoms with Gasteiger partial charge in [-0.25, -0.2) is 22.7 Å². The first-order valence-corrected chi connectivity index (χ1v) is 9.26. The number of carbonyl (C=O) groups excluding carboxylic acids is 2. The zero-order valence-corrected chi connectivity index (χ0v) is 15.8. The van der Waals surface area contributed by atoms with Gasteiger partial charge in [0.2, 0.25) is 10.0 Å². The summed E-state index contributed by atoms with van der Waals surface area (Å²) in [5.41, 5.74) is 0.967. The van der Waals surface area contributed by atoms with Crippen molar-refractivity contribution in [2.75, 3.05) is 21.3 Å². The van der Waals surface area contributed by atoms with Gasteiger partial charge in [-0.15, -0.1) is 0 Å². The maximum atomic E-state index is 12.3. The van der Waals surface area contributed by atoms with Gasteiger partial charge in [-0.05, 0) is 42.9 Å². The van der Waals surface area contributed by atoms with Crippen LogP contribution in [-0.4, -0.2) is 41.6 Å². The highest BCUT2D eigenvalue weighted by molar-refractivity contribution is 7.89. The first-order chi connectivity index (χ1) is 12.8. The van der Waals surface area contributed by atoms with Gasteiger partial charge in [0.15, 0.2) is 0 Å². The Bertz CT molecular complexity index is 954. The van der Waals surface area contributed by atoms with Crippen LogP contribution in [0.4, 0.5) is 0 Å². The molecule has 0 saturated carbocycles. The maximum Gasteiger partial charge on any atom is 0.338 e. The van der Waals surface area contributed by atoms with Crippen LogP contribution in [-0.2, 0) is 26.1 Å². The summed E-state index contributed by atoms with van der Waals surface area (Å²) in [5, 5.41) is 0. The zero-order chi connectivity index (χ0) is 20.0. The molecule has 0 atom stereocenters. The molecule has 0 spiro atoms. The van der Waals surface area contributed by atoms with Crippen LogP contribution >= 0.6 is 0 Å². The molecule has 0 saturated heterocycles. The van der Waals surface area contributed by atoms with Crippen LogP contribution in [0.5, 0.6) is 5.75 Å². The number of benzene rings is 2. The van der Waals surface area contributed by atoms with Gasteiger partial charge in [-0.1, -0.05) is 12.1 Å². The smallest absolute Gasteiger partial charge is 0.338 e. The quantitative estimate of drug-likeness (QED) is 0.714. The van der Waals surface area contributed by atoms with Crippen LogP contribution in [0.15, 0.2) is 47.4 Å². The van der Waals surface area contributed by atoms with E-state index in [9.17, 15) is 18.0 Å². The third kappa shape index (κ3) is 4.83. The van der Waals surface area contributed by atoms with Crippen molar-refractivity contribution < 1.29 is 32.2 Å². The van der Waals surface area contributed by atoms with E-state index in [-0.39, 0.29) is 22.8 Å². The number of sulfonamides is 1. The van der Waals surface area contributed by atoms with Crippen molar-refractivity contribution in [2.24, 2.45) is 0 Å². The summed E-state index contributed by atoms with van der Waals surface area (Å²) in [6.07, 6.45) is 0. The lowest BCUT2D eigenvalue weighted by Gasteiger charge is -2.11. The monoisotopic (exact) mass is 393 g/mol. The van der Waals surface area contributed by atoms with E-state index < -0.39 is 22.0 Å². The van der Waals surface area contributed by atoms with Gasteiger partial charge in [0, 0.05) is 0 Å². The molecule has 0 aromatic heterocycles. The highest BCUT2D eigenvalue weighted by atomic mass is 32.2. The molecule has 27 heavy (non-hydrogen) atoms. The van der Waals surface area contributed by atoms with Crippen LogP contribution in [0.2, 0.25) is 0 Å². The molecule has 144 valence electrons. The van der Waals surface area contributed by atoms with Crippen LogP contribution < -0.4 is 9.46 Å². The highest BCUT2D eigenvalue weighted by Gasteiger charge is 2.20. The van der Waals surface area contributed by atoms with E-state index in [0.717, 1.165) is 0 Å². The Balaban J connectivity index is 2.19. The molecule has 0 bridgehead atoms. The molecular weight excluding hydrogens is 374 g/mol. The summed E-state index contributed by atoms with van der Waals surface area (Å²) in [5.74, 6) is -1.11. The van der Waals surface area contributed by atoms with Gasteiger partial charge in [0.1, 0.15) is 17.3 Å². The number of esters is 2. The largest absolute Gasteiger partial charge is 0.495 e. The zero-order valence-electron chi connectivity index (χ0n) is 15.0. The number of ether oxygens (including phenoxy) is 3. The predicted octanol–water partition coefficient (Wildman–Crippen LogP) is 1.75. The molecule has 2 rings (SSSR count). The van der Waals surface area contributed by atoms with Crippen LogP contribution in [0.3, 0.4) is 0 Å². The van der Waals surface area contributed by atoms with Gasteiger partial charge in [-0.2, -0.15) is 0 Å². The van der Waals surface area contributed by atoms with Crippen molar-refractivity contribution in [3.63, 3.8) is 0 Å². The van der Waals surface area contributed by atoms with Crippen LogP contribution in [0.25, 0.3) is 0 Å². The van der Waals surface area contributed by atoms with Gasteiger partial charge in [-0.3, -0.25) is 0 Å². The second-order valence-corrected chi connectivity index (χ2v) is 7.20. The molecule has 0 aliphatic heterocycles. The molecule has 0 amide bonds. The Morgan fingerprint density at radius 3 is 2.33 bits per heavy atom. The molecule has 8 nitrogen and oxygen atoms in total. The van der Waals surface area contributed by atoms with Crippen molar-refractivity contribution >= 4 is 22.0 Å². The molecule has 0 aliphatic carbocycles. The number of hydrogen-bond donors (Lipinski definition) is 1.